The van der Waals surface area contributed by atoms with Crippen molar-refractivity contribution in [3.63, 3.8) is 0 Å². The number of hydrogen-bond acceptors (Lipinski definition) is 3. The van der Waals surface area contributed by atoms with Crippen LogP contribution in [0.4, 0.5) is 0 Å². The first-order chi connectivity index (χ1) is 6.61. The summed E-state index contributed by atoms with van der Waals surface area (Å²) < 4.78 is 0. The van der Waals surface area contributed by atoms with Crippen molar-refractivity contribution in [1.29, 1.82) is 0 Å². The Hall–Kier alpha value is -1.15. The van der Waals surface area contributed by atoms with E-state index in [-0.39, 0.29) is 0 Å². The van der Waals surface area contributed by atoms with Gasteiger partial charge in [0, 0.05) is 0 Å². The third-order valence-corrected chi connectivity index (χ3v) is 2.10. The minimum absolute atomic E-state index is 0.410. The van der Waals surface area contributed by atoms with Gasteiger partial charge in [-0.05, 0) is 31.3 Å². The van der Waals surface area contributed by atoms with Gasteiger partial charge in [-0.1, -0.05) is 5.92 Å². The highest BCUT2D eigenvalue weighted by Crippen LogP contribution is 2.00. The fourth-order valence-corrected chi connectivity index (χ4v) is 1.27. The summed E-state index contributed by atoms with van der Waals surface area (Å²) in [7, 11) is 0. The molecule has 0 unspecified atom stereocenters. The van der Waals surface area contributed by atoms with Gasteiger partial charge in [0.2, 0.25) is 0 Å². The molecule has 0 aromatic carbocycles. The zero-order valence-corrected chi connectivity index (χ0v) is 8.98. The third-order valence-electron chi connectivity index (χ3n) is 1.45. The van der Waals surface area contributed by atoms with Crippen molar-refractivity contribution in [3.8, 4) is 11.8 Å². The van der Waals surface area contributed by atoms with Crippen LogP contribution in [0.25, 0.3) is 0 Å². The smallest absolute Gasteiger partial charge is 0.326 e. The molecule has 0 radical (unpaired) electrons. The van der Waals surface area contributed by atoms with E-state index in [1.54, 1.807) is 0 Å². The lowest BCUT2D eigenvalue weighted by molar-refractivity contribution is -0.141. The maximum atomic E-state index is 11.0. The summed E-state index contributed by atoms with van der Waals surface area (Å²) >= 11 is 1.54. The standard InChI is InChI=1S/C9H13NO3S/c1-3-4-8(11)10-7(9(12)13)5-6-14-2/h7H,5-6H2,1-2H3,(H,10,11)(H,12,13)/t7-/m1/s1. The molecule has 0 aliphatic heterocycles. The lowest BCUT2D eigenvalue weighted by Crippen LogP contribution is -2.40. The molecule has 0 heterocycles. The van der Waals surface area contributed by atoms with Crippen molar-refractivity contribution in [1.82, 2.24) is 5.32 Å². The molecule has 0 aliphatic rings. The number of carboxylic acid groups (broad SMARTS) is 1. The number of carbonyl (C=O) groups excluding carboxylic acids is 1. The number of amides is 1. The molecule has 0 aromatic rings. The Balaban J connectivity index is 4.13. The van der Waals surface area contributed by atoms with E-state index in [0.717, 1.165) is 0 Å². The molecule has 1 atom stereocenters. The molecule has 0 saturated heterocycles. The molecule has 78 valence electrons. The summed E-state index contributed by atoms with van der Waals surface area (Å²) in [5.41, 5.74) is 0. The first-order valence-electron chi connectivity index (χ1n) is 4.06. The number of carbonyl (C=O) groups is 2. The molecule has 0 bridgehead atoms. The lowest BCUT2D eigenvalue weighted by Gasteiger charge is -2.11. The fourth-order valence-electron chi connectivity index (χ4n) is 0.801. The number of carboxylic acids is 1. The maximum Gasteiger partial charge on any atom is 0.326 e. The average molecular weight is 215 g/mol. The van der Waals surface area contributed by atoms with Gasteiger partial charge in [-0.15, -0.1) is 0 Å². The van der Waals surface area contributed by atoms with E-state index in [1.165, 1.54) is 18.7 Å². The molecule has 0 fully saturated rings. The first kappa shape index (κ1) is 12.8. The molecular weight excluding hydrogens is 202 g/mol. The minimum atomic E-state index is -1.02. The van der Waals surface area contributed by atoms with Crippen molar-refractivity contribution < 1.29 is 14.7 Å². The van der Waals surface area contributed by atoms with Crippen LogP contribution in [0, 0.1) is 11.8 Å². The molecular formula is C9H13NO3S. The molecule has 4 nitrogen and oxygen atoms in total. The second kappa shape index (κ2) is 7.27. The molecule has 0 aromatic heterocycles. The molecule has 0 rings (SSSR count). The van der Waals surface area contributed by atoms with Gasteiger partial charge < -0.3 is 10.4 Å². The summed E-state index contributed by atoms with van der Waals surface area (Å²) in [6.45, 7) is 1.53. The second-order valence-corrected chi connectivity index (χ2v) is 3.51. The van der Waals surface area contributed by atoms with E-state index >= 15 is 0 Å². The van der Waals surface area contributed by atoms with Crippen molar-refractivity contribution in [2.75, 3.05) is 12.0 Å². The van der Waals surface area contributed by atoms with Crippen LogP contribution < -0.4 is 5.32 Å². The molecule has 0 aliphatic carbocycles. The van der Waals surface area contributed by atoms with Crippen LogP contribution in [0.2, 0.25) is 0 Å². The van der Waals surface area contributed by atoms with Gasteiger partial charge in [-0.3, -0.25) is 4.79 Å². The van der Waals surface area contributed by atoms with E-state index in [9.17, 15) is 9.59 Å². The van der Waals surface area contributed by atoms with Gasteiger partial charge in [-0.2, -0.15) is 11.8 Å². The molecule has 5 heteroatoms. The summed E-state index contributed by atoms with van der Waals surface area (Å²) in [6, 6.07) is -0.837. The number of nitrogens with one attached hydrogen (secondary N) is 1. The molecule has 0 spiro atoms. The van der Waals surface area contributed by atoms with Crippen LogP contribution in [0.5, 0.6) is 0 Å². The highest BCUT2D eigenvalue weighted by Gasteiger charge is 2.17. The molecule has 0 saturated carbocycles. The molecule has 2 N–H and O–H groups in total. The Bertz CT molecular complexity index is 267. The molecule has 1 amide bonds. The fraction of sp³-hybridized carbons (Fsp3) is 0.556. The maximum absolute atomic E-state index is 11.0. The van der Waals surface area contributed by atoms with Crippen molar-refractivity contribution in [3.05, 3.63) is 0 Å². The van der Waals surface area contributed by atoms with Crippen molar-refractivity contribution in [2.24, 2.45) is 0 Å². The zero-order chi connectivity index (χ0) is 11.0. The van der Waals surface area contributed by atoms with E-state index in [0.29, 0.717) is 12.2 Å². The normalized spacial score (nSPS) is 11.0. The molecule has 14 heavy (non-hydrogen) atoms. The third kappa shape index (κ3) is 5.49. The largest absolute Gasteiger partial charge is 0.480 e. The van der Waals surface area contributed by atoms with Crippen LogP contribution in [-0.2, 0) is 9.59 Å². The van der Waals surface area contributed by atoms with Gasteiger partial charge in [0.15, 0.2) is 0 Å². The zero-order valence-electron chi connectivity index (χ0n) is 8.16. The lowest BCUT2D eigenvalue weighted by atomic mass is 10.2. The van der Waals surface area contributed by atoms with Crippen LogP contribution >= 0.6 is 11.8 Å². The summed E-state index contributed by atoms with van der Waals surface area (Å²) in [6.07, 6.45) is 2.29. The Morgan fingerprint density at radius 3 is 2.64 bits per heavy atom. The SMILES string of the molecule is CC#CC(=O)N[C@H](CCSC)C(=O)O. The monoisotopic (exact) mass is 215 g/mol. The highest BCUT2D eigenvalue weighted by molar-refractivity contribution is 7.98. The Morgan fingerprint density at radius 1 is 1.57 bits per heavy atom. The number of rotatable bonds is 5. The van der Waals surface area contributed by atoms with Crippen LogP contribution in [-0.4, -0.2) is 35.0 Å². The number of thioether (sulfide) groups is 1. The van der Waals surface area contributed by atoms with Crippen LogP contribution in [0.15, 0.2) is 0 Å². The van der Waals surface area contributed by atoms with E-state index < -0.39 is 17.9 Å². The highest BCUT2D eigenvalue weighted by atomic mass is 32.2. The van der Waals surface area contributed by atoms with Gasteiger partial charge in [0.1, 0.15) is 6.04 Å². The number of aliphatic carboxylic acids is 1. The summed E-state index contributed by atoms with van der Waals surface area (Å²) in [4.78, 5) is 21.6. The van der Waals surface area contributed by atoms with Crippen LogP contribution in [0.1, 0.15) is 13.3 Å². The van der Waals surface area contributed by atoms with Crippen molar-refractivity contribution >= 4 is 23.6 Å². The van der Waals surface area contributed by atoms with Gasteiger partial charge in [0.25, 0.3) is 5.91 Å². The predicted octanol–water partition coefficient (Wildman–Crippen LogP) is 0.332. The Kier molecular flexibility index (Phi) is 6.68. The number of hydrogen-bond donors (Lipinski definition) is 2. The Labute approximate surface area is 87.4 Å². The minimum Gasteiger partial charge on any atom is -0.480 e. The topological polar surface area (TPSA) is 66.4 Å². The van der Waals surface area contributed by atoms with Gasteiger partial charge >= 0.3 is 5.97 Å². The Morgan fingerprint density at radius 2 is 2.21 bits per heavy atom. The van der Waals surface area contributed by atoms with Crippen molar-refractivity contribution in [2.45, 2.75) is 19.4 Å². The van der Waals surface area contributed by atoms with E-state index in [2.05, 4.69) is 17.2 Å². The predicted molar refractivity (Wildman–Crippen MR) is 56.0 cm³/mol. The average Bonchev–Trinajstić information content (AvgIpc) is 2.12. The van der Waals surface area contributed by atoms with E-state index in [1.807, 2.05) is 6.26 Å². The van der Waals surface area contributed by atoms with Crippen LogP contribution in [0.3, 0.4) is 0 Å². The summed E-state index contributed by atoms with van der Waals surface area (Å²) in [5.74, 6) is 3.77. The quantitative estimate of drug-likeness (QED) is 0.649. The second-order valence-electron chi connectivity index (χ2n) is 2.52. The summed E-state index contributed by atoms with van der Waals surface area (Å²) in [5, 5.41) is 11.1. The van der Waals surface area contributed by atoms with Gasteiger partial charge in [-0.25, -0.2) is 4.79 Å². The van der Waals surface area contributed by atoms with E-state index in [4.69, 9.17) is 5.11 Å². The first-order valence-corrected chi connectivity index (χ1v) is 5.46. The van der Waals surface area contributed by atoms with Gasteiger partial charge in [0.05, 0.1) is 0 Å².